The zero-order valence-corrected chi connectivity index (χ0v) is 13.8. The van der Waals surface area contributed by atoms with E-state index in [0.717, 1.165) is 37.5 Å². The predicted molar refractivity (Wildman–Crippen MR) is 86.7 cm³/mol. The minimum absolute atomic E-state index is 0.0287. The van der Waals surface area contributed by atoms with Crippen LogP contribution in [0.1, 0.15) is 59.7 Å². The fraction of sp³-hybridized carbons (Fsp3) is 0.500. The van der Waals surface area contributed by atoms with Gasteiger partial charge >= 0.3 is 0 Å². The molecule has 2 fully saturated rings. The van der Waals surface area contributed by atoms with Gasteiger partial charge in [0, 0.05) is 30.5 Å². The summed E-state index contributed by atoms with van der Waals surface area (Å²) in [4.78, 5) is 14.6. The van der Waals surface area contributed by atoms with Gasteiger partial charge in [0.15, 0.2) is 11.5 Å². The average molecular weight is 341 g/mol. The molecule has 2 aromatic rings. The number of carbonyl (C=O) groups excluding carboxylic acids is 1. The highest BCUT2D eigenvalue weighted by Crippen LogP contribution is 2.40. The molecular formula is C18H19N3O4. The molecule has 0 unspecified atom stereocenters. The summed E-state index contributed by atoms with van der Waals surface area (Å²) in [5, 5.41) is 8.38. The Balaban J connectivity index is 1.24. The summed E-state index contributed by atoms with van der Waals surface area (Å²) < 4.78 is 16.5. The number of carbonyl (C=O) groups is 1. The Morgan fingerprint density at radius 1 is 0.960 bits per heavy atom. The molecule has 0 radical (unpaired) electrons. The van der Waals surface area contributed by atoms with E-state index in [2.05, 4.69) is 10.2 Å². The van der Waals surface area contributed by atoms with Crippen LogP contribution < -0.4 is 9.47 Å². The molecule has 130 valence electrons. The van der Waals surface area contributed by atoms with Crippen molar-refractivity contribution in [3.63, 3.8) is 0 Å². The van der Waals surface area contributed by atoms with E-state index in [1.165, 1.54) is 0 Å². The van der Waals surface area contributed by atoms with E-state index < -0.39 is 0 Å². The molecule has 7 heteroatoms. The number of hydrogen-bond acceptors (Lipinski definition) is 6. The number of rotatable bonds is 3. The molecule has 2 aliphatic heterocycles. The van der Waals surface area contributed by atoms with Crippen LogP contribution in [0, 0.1) is 0 Å². The monoisotopic (exact) mass is 341 g/mol. The second-order valence-corrected chi connectivity index (χ2v) is 6.89. The molecule has 0 atom stereocenters. The fourth-order valence-corrected chi connectivity index (χ4v) is 3.45. The molecule has 0 spiro atoms. The summed E-state index contributed by atoms with van der Waals surface area (Å²) in [7, 11) is 0. The third kappa shape index (κ3) is 2.73. The summed E-state index contributed by atoms with van der Waals surface area (Å²) in [6.07, 6.45) is 4.01. The Labute approximate surface area is 144 Å². The Bertz CT molecular complexity index is 806. The number of piperidine rings is 1. The Kier molecular flexibility index (Phi) is 3.39. The minimum Gasteiger partial charge on any atom is -0.454 e. The van der Waals surface area contributed by atoms with E-state index >= 15 is 0 Å². The maximum Gasteiger partial charge on any atom is 0.253 e. The second kappa shape index (κ2) is 5.75. The van der Waals surface area contributed by atoms with Gasteiger partial charge in [0.25, 0.3) is 5.91 Å². The number of hydrogen-bond donors (Lipinski definition) is 0. The Hall–Kier alpha value is -2.57. The lowest BCUT2D eigenvalue weighted by Gasteiger charge is -2.30. The van der Waals surface area contributed by atoms with Crippen LogP contribution in [0.15, 0.2) is 22.6 Å². The van der Waals surface area contributed by atoms with Crippen LogP contribution in [0.4, 0.5) is 0 Å². The lowest BCUT2D eigenvalue weighted by atomic mass is 9.96. The Morgan fingerprint density at radius 3 is 2.36 bits per heavy atom. The first-order valence-electron chi connectivity index (χ1n) is 8.80. The van der Waals surface area contributed by atoms with E-state index in [9.17, 15) is 4.79 Å². The molecule has 25 heavy (non-hydrogen) atoms. The third-order valence-corrected chi connectivity index (χ3v) is 5.13. The number of aromatic nitrogens is 2. The number of benzene rings is 1. The molecule has 3 aliphatic rings. The SMILES string of the molecule is O=C(c1ccc2c(c1)OCO2)N1CCC(c2nnc(C3CC3)o2)CC1. The minimum atomic E-state index is 0.0287. The van der Waals surface area contributed by atoms with Gasteiger partial charge in [-0.3, -0.25) is 4.79 Å². The number of ether oxygens (including phenoxy) is 2. The van der Waals surface area contributed by atoms with Crippen molar-refractivity contribution in [2.75, 3.05) is 19.9 Å². The van der Waals surface area contributed by atoms with Crippen molar-refractivity contribution in [2.45, 2.75) is 37.5 Å². The summed E-state index contributed by atoms with van der Waals surface area (Å²) in [5.41, 5.74) is 0.636. The van der Waals surface area contributed by atoms with Crippen molar-refractivity contribution in [1.29, 1.82) is 0 Å². The molecule has 1 amide bonds. The molecule has 0 N–H and O–H groups in total. The maximum absolute atomic E-state index is 12.7. The van der Waals surface area contributed by atoms with E-state index in [1.54, 1.807) is 18.2 Å². The summed E-state index contributed by atoms with van der Waals surface area (Å²) >= 11 is 0. The summed E-state index contributed by atoms with van der Waals surface area (Å²) in [6, 6.07) is 5.35. The van der Waals surface area contributed by atoms with Gasteiger partial charge in [0.05, 0.1) is 0 Å². The van der Waals surface area contributed by atoms with Crippen molar-refractivity contribution in [2.24, 2.45) is 0 Å². The number of likely N-dealkylation sites (tertiary alicyclic amines) is 1. The van der Waals surface area contributed by atoms with Crippen LogP contribution in [-0.4, -0.2) is 40.9 Å². The van der Waals surface area contributed by atoms with Crippen molar-refractivity contribution >= 4 is 5.91 Å². The molecule has 1 aliphatic carbocycles. The quantitative estimate of drug-likeness (QED) is 0.854. The first kappa shape index (κ1) is 14.7. The number of amides is 1. The van der Waals surface area contributed by atoms with Gasteiger partial charge in [0.1, 0.15) is 0 Å². The first-order chi connectivity index (χ1) is 12.3. The lowest BCUT2D eigenvalue weighted by Crippen LogP contribution is -2.38. The van der Waals surface area contributed by atoms with Crippen LogP contribution >= 0.6 is 0 Å². The van der Waals surface area contributed by atoms with Crippen LogP contribution in [0.5, 0.6) is 11.5 Å². The molecule has 7 nitrogen and oxygen atoms in total. The summed E-state index contributed by atoms with van der Waals surface area (Å²) in [5.74, 6) is 3.61. The predicted octanol–water partition coefficient (Wildman–Crippen LogP) is 2.70. The van der Waals surface area contributed by atoms with Gasteiger partial charge in [-0.25, -0.2) is 0 Å². The van der Waals surface area contributed by atoms with Crippen LogP contribution in [0.2, 0.25) is 0 Å². The van der Waals surface area contributed by atoms with Crippen molar-refractivity contribution in [1.82, 2.24) is 15.1 Å². The van der Waals surface area contributed by atoms with E-state index in [4.69, 9.17) is 13.9 Å². The van der Waals surface area contributed by atoms with Gasteiger partial charge in [-0.15, -0.1) is 10.2 Å². The number of nitrogens with zero attached hydrogens (tertiary/aromatic N) is 3. The zero-order valence-electron chi connectivity index (χ0n) is 13.8. The van der Waals surface area contributed by atoms with Gasteiger partial charge in [0.2, 0.25) is 18.6 Å². The van der Waals surface area contributed by atoms with Gasteiger partial charge in [-0.05, 0) is 43.9 Å². The van der Waals surface area contributed by atoms with Crippen LogP contribution in [0.3, 0.4) is 0 Å². The largest absolute Gasteiger partial charge is 0.454 e. The van der Waals surface area contributed by atoms with E-state index in [-0.39, 0.29) is 18.6 Å². The molecule has 1 saturated carbocycles. The molecule has 1 saturated heterocycles. The highest BCUT2D eigenvalue weighted by Gasteiger charge is 2.32. The topological polar surface area (TPSA) is 77.7 Å². The van der Waals surface area contributed by atoms with Crippen molar-refractivity contribution < 1.29 is 18.7 Å². The van der Waals surface area contributed by atoms with Gasteiger partial charge in [-0.2, -0.15) is 0 Å². The normalized spacial score (nSPS) is 20.1. The molecule has 3 heterocycles. The van der Waals surface area contributed by atoms with Crippen LogP contribution in [-0.2, 0) is 0 Å². The second-order valence-electron chi connectivity index (χ2n) is 6.89. The Morgan fingerprint density at radius 2 is 1.64 bits per heavy atom. The van der Waals surface area contributed by atoms with Gasteiger partial charge in [-0.1, -0.05) is 0 Å². The highest BCUT2D eigenvalue weighted by molar-refractivity contribution is 5.95. The third-order valence-electron chi connectivity index (χ3n) is 5.13. The smallest absolute Gasteiger partial charge is 0.253 e. The molecule has 5 rings (SSSR count). The lowest BCUT2D eigenvalue weighted by molar-refractivity contribution is 0.0705. The van der Waals surface area contributed by atoms with E-state index in [0.29, 0.717) is 36.1 Å². The molecule has 1 aromatic carbocycles. The highest BCUT2D eigenvalue weighted by atomic mass is 16.7. The zero-order chi connectivity index (χ0) is 16.8. The van der Waals surface area contributed by atoms with Crippen LogP contribution in [0.25, 0.3) is 0 Å². The molecular weight excluding hydrogens is 322 g/mol. The molecule has 1 aromatic heterocycles. The van der Waals surface area contributed by atoms with Gasteiger partial charge < -0.3 is 18.8 Å². The number of fused-ring (bicyclic) bond motifs is 1. The van der Waals surface area contributed by atoms with E-state index in [1.807, 2.05) is 4.90 Å². The van der Waals surface area contributed by atoms with Crippen molar-refractivity contribution in [3.05, 3.63) is 35.5 Å². The molecule has 0 bridgehead atoms. The standard InChI is InChI=1S/C18H19N3O4/c22-18(13-3-4-14-15(9-13)24-10-23-14)21-7-5-12(6-8-21)17-20-19-16(25-17)11-1-2-11/h3-4,9,11-12H,1-2,5-8,10H2. The summed E-state index contributed by atoms with van der Waals surface area (Å²) in [6.45, 7) is 1.60. The maximum atomic E-state index is 12.7. The van der Waals surface area contributed by atoms with Crippen molar-refractivity contribution in [3.8, 4) is 11.5 Å². The average Bonchev–Trinajstić information content (AvgIpc) is 3.20. The first-order valence-corrected chi connectivity index (χ1v) is 8.80. The fourth-order valence-electron chi connectivity index (χ4n) is 3.45.